The van der Waals surface area contributed by atoms with Crippen molar-refractivity contribution in [1.82, 2.24) is 10.1 Å². The Morgan fingerprint density at radius 2 is 1.50 bits per heavy atom. The predicted molar refractivity (Wildman–Crippen MR) is 118 cm³/mol. The Morgan fingerprint density at radius 3 is 2.12 bits per heavy atom. The molecule has 0 radical (unpaired) electrons. The van der Waals surface area contributed by atoms with Crippen LogP contribution in [0.1, 0.15) is 18.4 Å². The summed E-state index contributed by atoms with van der Waals surface area (Å²) >= 11 is 0. The van der Waals surface area contributed by atoms with Gasteiger partial charge in [-0.15, -0.1) is 0 Å². The van der Waals surface area contributed by atoms with Crippen LogP contribution in [0.2, 0.25) is 0 Å². The van der Waals surface area contributed by atoms with Crippen LogP contribution in [0, 0.1) is 11.3 Å². The molecule has 32 heavy (non-hydrogen) atoms. The van der Waals surface area contributed by atoms with Gasteiger partial charge >= 0.3 is 5.97 Å². The van der Waals surface area contributed by atoms with Gasteiger partial charge in [0.1, 0.15) is 5.75 Å². The minimum absolute atomic E-state index is 0.0970. The minimum atomic E-state index is -0.821. The molecule has 4 rings (SSSR count). The summed E-state index contributed by atoms with van der Waals surface area (Å²) in [5.41, 5.74) is 4.21. The summed E-state index contributed by atoms with van der Waals surface area (Å²) in [6.45, 7) is 0.371. The van der Waals surface area contributed by atoms with Gasteiger partial charge in [0.05, 0.1) is 18.2 Å². The van der Waals surface area contributed by atoms with Crippen molar-refractivity contribution in [3.05, 3.63) is 78.4 Å². The molecule has 0 spiro atoms. The number of nitrogens with zero attached hydrogens (tertiary/aromatic N) is 3. The van der Waals surface area contributed by atoms with Gasteiger partial charge in [-0.05, 0) is 53.9 Å². The van der Waals surface area contributed by atoms with E-state index >= 15 is 0 Å². The molecule has 0 fully saturated rings. The van der Waals surface area contributed by atoms with Crippen LogP contribution in [-0.4, -0.2) is 27.8 Å². The van der Waals surface area contributed by atoms with Crippen LogP contribution in [0.4, 0.5) is 0 Å². The maximum absolute atomic E-state index is 10.5. The van der Waals surface area contributed by atoms with Crippen molar-refractivity contribution in [3.63, 3.8) is 0 Å². The molecule has 0 aliphatic carbocycles. The zero-order chi connectivity index (χ0) is 22.3. The highest BCUT2D eigenvalue weighted by Gasteiger charge is 2.11. The standard InChI is InChI=1S/C25H19N3O4/c26-16-17-3-5-21(6-4-17)25-27-24(28-32-25)20-9-7-18(8-10-20)19-11-13-22(14-12-19)31-15-1-2-23(29)30/h3-14H,1-2,15H2,(H,29,30). The lowest BCUT2D eigenvalue weighted by atomic mass is 10.0. The Balaban J connectivity index is 1.41. The first-order valence-electron chi connectivity index (χ1n) is 10.0. The topological polar surface area (TPSA) is 109 Å². The number of aliphatic carboxylic acids is 1. The van der Waals surface area contributed by atoms with Crippen LogP contribution in [0.3, 0.4) is 0 Å². The number of carboxylic acid groups (broad SMARTS) is 1. The van der Waals surface area contributed by atoms with Gasteiger partial charge < -0.3 is 14.4 Å². The Kier molecular flexibility index (Phi) is 6.23. The van der Waals surface area contributed by atoms with E-state index in [-0.39, 0.29) is 6.42 Å². The lowest BCUT2D eigenvalue weighted by molar-refractivity contribution is -0.137. The first-order valence-corrected chi connectivity index (χ1v) is 10.0. The Morgan fingerprint density at radius 1 is 0.906 bits per heavy atom. The average molecular weight is 425 g/mol. The summed E-state index contributed by atoms with van der Waals surface area (Å²) in [6.07, 6.45) is 0.571. The molecule has 3 aromatic carbocycles. The molecule has 0 aliphatic rings. The number of hydrogen-bond donors (Lipinski definition) is 1. The molecule has 1 aromatic heterocycles. The second-order valence-electron chi connectivity index (χ2n) is 7.06. The van der Waals surface area contributed by atoms with Crippen molar-refractivity contribution in [1.29, 1.82) is 5.26 Å². The summed E-state index contributed by atoms with van der Waals surface area (Å²) in [4.78, 5) is 15.0. The Bertz CT molecular complexity index is 1240. The third-order valence-electron chi connectivity index (χ3n) is 4.82. The van der Waals surface area contributed by atoms with Crippen LogP contribution < -0.4 is 4.74 Å². The zero-order valence-electron chi connectivity index (χ0n) is 17.1. The number of carbonyl (C=O) groups is 1. The van der Waals surface area contributed by atoms with Gasteiger partial charge in [0.25, 0.3) is 5.89 Å². The number of carboxylic acids is 1. The fourth-order valence-corrected chi connectivity index (χ4v) is 3.11. The van der Waals surface area contributed by atoms with Crippen LogP contribution in [0.5, 0.6) is 5.75 Å². The van der Waals surface area contributed by atoms with Gasteiger partial charge in [-0.25, -0.2) is 0 Å². The van der Waals surface area contributed by atoms with Crippen LogP contribution in [-0.2, 0) is 4.79 Å². The third-order valence-corrected chi connectivity index (χ3v) is 4.82. The van der Waals surface area contributed by atoms with Gasteiger partial charge in [0.2, 0.25) is 5.82 Å². The monoisotopic (exact) mass is 425 g/mol. The fraction of sp³-hybridized carbons (Fsp3) is 0.120. The summed E-state index contributed by atoms with van der Waals surface area (Å²) < 4.78 is 10.9. The smallest absolute Gasteiger partial charge is 0.303 e. The van der Waals surface area contributed by atoms with Crippen molar-refractivity contribution in [3.8, 4) is 45.8 Å². The van der Waals surface area contributed by atoms with Crippen LogP contribution >= 0.6 is 0 Å². The van der Waals surface area contributed by atoms with Crippen molar-refractivity contribution < 1.29 is 19.2 Å². The number of nitriles is 1. The van der Waals surface area contributed by atoms with E-state index in [9.17, 15) is 4.79 Å². The SMILES string of the molecule is N#Cc1ccc(-c2nc(-c3ccc(-c4ccc(OCCCC(=O)O)cc4)cc3)no2)cc1. The predicted octanol–water partition coefficient (Wildman–Crippen LogP) is 5.19. The van der Waals surface area contributed by atoms with E-state index in [1.807, 2.05) is 48.5 Å². The van der Waals surface area contributed by atoms with Gasteiger partial charge in [-0.1, -0.05) is 41.6 Å². The lowest BCUT2D eigenvalue weighted by Crippen LogP contribution is -2.01. The molecule has 1 N–H and O–H groups in total. The van der Waals surface area contributed by atoms with E-state index < -0.39 is 5.97 Å². The maximum atomic E-state index is 10.5. The highest BCUT2D eigenvalue weighted by molar-refractivity contribution is 5.69. The molecule has 7 nitrogen and oxygen atoms in total. The Hall–Kier alpha value is -4.44. The molecule has 0 atom stereocenters. The molecule has 0 saturated heterocycles. The molecule has 0 unspecified atom stereocenters. The summed E-state index contributed by atoms with van der Waals surface area (Å²) in [6, 6.07) is 24.5. The van der Waals surface area contributed by atoms with E-state index in [0.717, 1.165) is 22.3 Å². The van der Waals surface area contributed by atoms with E-state index in [1.165, 1.54) is 0 Å². The van der Waals surface area contributed by atoms with E-state index in [4.69, 9.17) is 19.6 Å². The lowest BCUT2D eigenvalue weighted by Gasteiger charge is -2.07. The van der Waals surface area contributed by atoms with Crippen molar-refractivity contribution >= 4 is 5.97 Å². The van der Waals surface area contributed by atoms with Crippen molar-refractivity contribution in [2.24, 2.45) is 0 Å². The molecule has 7 heteroatoms. The zero-order valence-corrected chi connectivity index (χ0v) is 17.1. The summed E-state index contributed by atoms with van der Waals surface area (Å²) in [7, 11) is 0. The van der Waals surface area contributed by atoms with Crippen molar-refractivity contribution in [2.75, 3.05) is 6.61 Å². The van der Waals surface area contributed by atoms with E-state index in [2.05, 4.69) is 16.2 Å². The van der Waals surface area contributed by atoms with E-state index in [0.29, 0.717) is 36.1 Å². The molecule has 1 heterocycles. The van der Waals surface area contributed by atoms with E-state index in [1.54, 1.807) is 24.3 Å². The maximum Gasteiger partial charge on any atom is 0.303 e. The average Bonchev–Trinajstić information content (AvgIpc) is 3.33. The third kappa shape index (κ3) is 4.99. The second kappa shape index (κ2) is 9.58. The molecule has 0 aliphatic heterocycles. The summed E-state index contributed by atoms with van der Waals surface area (Å²) in [5, 5.41) is 21.6. The molecule has 0 bridgehead atoms. The molecule has 4 aromatic rings. The number of aromatic nitrogens is 2. The Labute approximate surface area is 184 Å². The first-order chi connectivity index (χ1) is 15.6. The van der Waals surface area contributed by atoms with Gasteiger partial charge in [0.15, 0.2) is 0 Å². The number of benzene rings is 3. The van der Waals surface area contributed by atoms with Gasteiger partial charge in [0, 0.05) is 17.5 Å². The molecule has 158 valence electrons. The summed E-state index contributed by atoms with van der Waals surface area (Å²) in [5.74, 6) is 0.769. The molecule has 0 amide bonds. The fourth-order valence-electron chi connectivity index (χ4n) is 3.11. The molecular formula is C25H19N3O4. The largest absolute Gasteiger partial charge is 0.494 e. The highest BCUT2D eigenvalue weighted by atomic mass is 16.5. The molecule has 0 saturated carbocycles. The first kappa shape index (κ1) is 20.8. The number of rotatable bonds is 8. The quantitative estimate of drug-likeness (QED) is 0.387. The van der Waals surface area contributed by atoms with Gasteiger partial charge in [-0.2, -0.15) is 10.2 Å². The number of hydrogen-bond acceptors (Lipinski definition) is 6. The second-order valence-corrected chi connectivity index (χ2v) is 7.06. The minimum Gasteiger partial charge on any atom is -0.494 e. The normalized spacial score (nSPS) is 10.5. The molecular weight excluding hydrogens is 406 g/mol. The highest BCUT2D eigenvalue weighted by Crippen LogP contribution is 2.27. The number of ether oxygens (including phenoxy) is 1. The van der Waals surface area contributed by atoms with Crippen molar-refractivity contribution in [2.45, 2.75) is 12.8 Å². The van der Waals surface area contributed by atoms with Crippen LogP contribution in [0.25, 0.3) is 34.0 Å². The van der Waals surface area contributed by atoms with Crippen LogP contribution in [0.15, 0.2) is 77.3 Å². The van der Waals surface area contributed by atoms with Gasteiger partial charge in [-0.3, -0.25) is 4.79 Å².